The van der Waals surface area contributed by atoms with Crippen molar-refractivity contribution in [3.8, 4) is 0 Å². The van der Waals surface area contributed by atoms with Gasteiger partial charge < -0.3 is 10.6 Å². The maximum atomic E-state index is 6.34. The summed E-state index contributed by atoms with van der Waals surface area (Å²) in [6.45, 7) is 4.43. The molecule has 0 fully saturated rings. The van der Waals surface area contributed by atoms with Crippen molar-refractivity contribution in [3.63, 3.8) is 0 Å². The molecule has 4 rings (SSSR count). The average Bonchev–Trinajstić information content (AvgIpc) is 3.05. The lowest BCUT2D eigenvalue weighted by molar-refractivity contribution is 1.10. The number of hydrogen-bond acceptors (Lipinski definition) is 5. The van der Waals surface area contributed by atoms with Crippen LogP contribution >= 0.6 is 35.5 Å². The molecule has 0 aliphatic rings. The van der Waals surface area contributed by atoms with Crippen LogP contribution in [0.1, 0.15) is 0 Å². The number of para-hydroxylation sites is 1. The average molecular weight is 476 g/mol. The Morgan fingerprint density at radius 1 is 1.11 bits per heavy atom. The quantitative estimate of drug-likeness (QED) is 0.326. The maximum Gasteiger partial charge on any atom is 0.229 e. The number of aromatic nitrogens is 4. The molecule has 0 aliphatic carbocycles. The maximum absolute atomic E-state index is 6.34. The van der Waals surface area contributed by atoms with Gasteiger partial charge in [-0.2, -0.15) is 10.1 Å². The van der Waals surface area contributed by atoms with Crippen LogP contribution < -0.4 is 15.9 Å². The number of fused-ring (bicyclic) bond motifs is 1. The second kappa shape index (κ2) is 8.03. The van der Waals surface area contributed by atoms with E-state index in [9.17, 15) is 0 Å². The minimum Gasteiger partial charge on any atom is -0.338 e. The normalized spacial score (nSPS) is 11.2. The molecule has 2 aromatic carbocycles. The molecule has 2 aromatic heterocycles. The molecule has 0 saturated heterocycles. The first-order chi connectivity index (χ1) is 13.5. The number of benzene rings is 2. The van der Waals surface area contributed by atoms with E-state index in [4.69, 9.17) is 11.6 Å². The zero-order chi connectivity index (χ0) is 19.7. The minimum absolute atomic E-state index is 0.263. The van der Waals surface area contributed by atoms with Gasteiger partial charge in [0, 0.05) is 16.8 Å². The van der Waals surface area contributed by atoms with Crippen LogP contribution in [0.5, 0.6) is 0 Å². The molecule has 0 atom stereocenters. The summed E-state index contributed by atoms with van der Waals surface area (Å²) in [7, 11) is -0.263. The van der Waals surface area contributed by atoms with Crippen molar-refractivity contribution in [1.82, 2.24) is 20.2 Å². The van der Waals surface area contributed by atoms with E-state index in [0.29, 0.717) is 16.8 Å². The molecule has 3 N–H and O–H groups in total. The first kappa shape index (κ1) is 19.1. The van der Waals surface area contributed by atoms with Gasteiger partial charge in [-0.25, -0.2) is 4.98 Å². The summed E-state index contributed by atoms with van der Waals surface area (Å²) in [5, 5.41) is 16.4. The fourth-order valence-corrected chi connectivity index (χ4v) is 4.34. The van der Waals surface area contributed by atoms with Gasteiger partial charge in [-0.1, -0.05) is 37.7 Å². The van der Waals surface area contributed by atoms with Gasteiger partial charge in [-0.15, -0.1) is 0 Å². The Balaban J connectivity index is 1.62. The molecule has 4 aromatic rings. The number of aromatic amines is 1. The van der Waals surface area contributed by atoms with Gasteiger partial charge in [0.25, 0.3) is 0 Å². The summed E-state index contributed by atoms with van der Waals surface area (Å²) >= 11 is 9.80. The standard InChI is InChI=1S/C19H17BrClN6P/c1-28(2)16-6-4-3-5-15(16)24-18-13(21)10-22-19(25-18)23-11-7-8-14-12(9-11)17(20)27-26-14/h3-10H,1-2H3,(H,26,27)(H2,22,23,24,25). The Morgan fingerprint density at radius 3 is 2.75 bits per heavy atom. The summed E-state index contributed by atoms with van der Waals surface area (Å²) < 4.78 is 0.831. The second-order valence-electron chi connectivity index (χ2n) is 6.32. The predicted octanol–water partition coefficient (Wildman–Crippen LogP) is 5.62. The first-order valence-corrected chi connectivity index (χ1v) is 11.9. The van der Waals surface area contributed by atoms with Crippen LogP contribution in [0.25, 0.3) is 10.9 Å². The Bertz CT molecular complexity index is 1150. The van der Waals surface area contributed by atoms with Gasteiger partial charge in [0.15, 0.2) is 5.82 Å². The monoisotopic (exact) mass is 474 g/mol. The third-order valence-corrected chi connectivity index (χ3v) is 6.38. The van der Waals surface area contributed by atoms with Gasteiger partial charge in [0.2, 0.25) is 5.95 Å². The Kier molecular flexibility index (Phi) is 5.49. The molecule has 0 radical (unpaired) electrons. The van der Waals surface area contributed by atoms with Crippen molar-refractivity contribution in [2.45, 2.75) is 0 Å². The molecule has 0 unspecified atom stereocenters. The van der Waals surface area contributed by atoms with Crippen LogP contribution in [0.4, 0.5) is 23.1 Å². The zero-order valence-electron chi connectivity index (χ0n) is 15.2. The number of halogens is 2. The van der Waals surface area contributed by atoms with Crippen LogP contribution in [-0.4, -0.2) is 33.5 Å². The molecule has 28 heavy (non-hydrogen) atoms. The van der Waals surface area contributed by atoms with Crippen LogP contribution in [0.2, 0.25) is 5.02 Å². The lowest BCUT2D eigenvalue weighted by atomic mass is 10.2. The molecule has 0 aliphatic heterocycles. The number of hydrogen-bond donors (Lipinski definition) is 3. The molecule has 0 saturated carbocycles. The van der Waals surface area contributed by atoms with Crippen LogP contribution in [-0.2, 0) is 0 Å². The predicted molar refractivity (Wildman–Crippen MR) is 122 cm³/mol. The summed E-state index contributed by atoms with van der Waals surface area (Å²) in [5.74, 6) is 1.02. The third kappa shape index (κ3) is 3.97. The van der Waals surface area contributed by atoms with Crippen molar-refractivity contribution in [2.24, 2.45) is 0 Å². The van der Waals surface area contributed by atoms with E-state index in [2.05, 4.69) is 66.1 Å². The van der Waals surface area contributed by atoms with Gasteiger partial charge in [0.05, 0.1) is 11.7 Å². The lowest BCUT2D eigenvalue weighted by Crippen LogP contribution is -2.09. The molecule has 0 amide bonds. The van der Waals surface area contributed by atoms with E-state index in [-0.39, 0.29) is 7.92 Å². The summed E-state index contributed by atoms with van der Waals surface area (Å²) in [5.41, 5.74) is 2.74. The van der Waals surface area contributed by atoms with Gasteiger partial charge >= 0.3 is 0 Å². The molecule has 2 heterocycles. The van der Waals surface area contributed by atoms with Gasteiger partial charge in [-0.05, 0) is 58.8 Å². The molecule has 9 heteroatoms. The Labute approximate surface area is 177 Å². The van der Waals surface area contributed by atoms with Crippen LogP contribution in [0, 0.1) is 0 Å². The highest BCUT2D eigenvalue weighted by Gasteiger charge is 2.11. The fourth-order valence-electron chi connectivity index (χ4n) is 2.80. The Hall–Kier alpha value is -2.21. The van der Waals surface area contributed by atoms with E-state index in [0.717, 1.165) is 26.9 Å². The highest BCUT2D eigenvalue weighted by atomic mass is 79.9. The number of nitrogens with zero attached hydrogens (tertiary/aromatic N) is 3. The zero-order valence-corrected chi connectivity index (χ0v) is 18.4. The third-order valence-electron chi connectivity index (χ3n) is 4.15. The van der Waals surface area contributed by atoms with Crippen molar-refractivity contribution in [2.75, 3.05) is 24.0 Å². The molecular weight excluding hydrogens is 459 g/mol. The largest absolute Gasteiger partial charge is 0.338 e. The first-order valence-electron chi connectivity index (χ1n) is 8.48. The molecule has 6 nitrogen and oxygen atoms in total. The van der Waals surface area contributed by atoms with Gasteiger partial charge in [-0.3, -0.25) is 5.10 Å². The molecule has 0 bridgehead atoms. The summed E-state index contributed by atoms with van der Waals surface area (Å²) in [6.07, 6.45) is 1.59. The highest BCUT2D eigenvalue weighted by Crippen LogP contribution is 2.31. The summed E-state index contributed by atoms with van der Waals surface area (Å²) in [6, 6.07) is 14.0. The van der Waals surface area contributed by atoms with Crippen molar-refractivity contribution in [1.29, 1.82) is 0 Å². The van der Waals surface area contributed by atoms with Crippen molar-refractivity contribution >= 4 is 74.8 Å². The number of H-pyrrole nitrogens is 1. The number of rotatable bonds is 5. The van der Waals surface area contributed by atoms with E-state index < -0.39 is 0 Å². The fraction of sp³-hybridized carbons (Fsp3) is 0.105. The number of nitrogens with one attached hydrogen (secondary N) is 3. The molecular formula is C19H17BrClN6P. The Morgan fingerprint density at radius 2 is 1.93 bits per heavy atom. The second-order valence-corrected chi connectivity index (χ2v) is 9.79. The van der Waals surface area contributed by atoms with Crippen LogP contribution in [0.3, 0.4) is 0 Å². The minimum atomic E-state index is -0.263. The highest BCUT2D eigenvalue weighted by molar-refractivity contribution is 9.10. The summed E-state index contributed by atoms with van der Waals surface area (Å²) in [4.78, 5) is 8.86. The van der Waals surface area contributed by atoms with Crippen LogP contribution in [0.15, 0.2) is 53.3 Å². The molecule has 142 valence electrons. The van der Waals surface area contributed by atoms with Crippen molar-refractivity contribution in [3.05, 3.63) is 58.3 Å². The van der Waals surface area contributed by atoms with E-state index >= 15 is 0 Å². The smallest absolute Gasteiger partial charge is 0.229 e. The SMILES string of the molecule is CP(C)c1ccccc1Nc1nc(Nc2ccc3n[nH]c(Br)c3c2)ncc1Cl. The van der Waals surface area contributed by atoms with E-state index in [1.807, 2.05) is 36.4 Å². The van der Waals surface area contributed by atoms with Crippen molar-refractivity contribution < 1.29 is 0 Å². The lowest BCUT2D eigenvalue weighted by Gasteiger charge is -2.15. The van der Waals surface area contributed by atoms with Gasteiger partial charge in [0.1, 0.15) is 9.63 Å². The van der Waals surface area contributed by atoms with E-state index in [1.54, 1.807) is 6.20 Å². The molecule has 0 spiro atoms. The van der Waals surface area contributed by atoms with E-state index in [1.165, 1.54) is 5.30 Å². The number of anilines is 4. The topological polar surface area (TPSA) is 78.5 Å².